The number of rotatable bonds is 4. The van der Waals surface area contributed by atoms with E-state index < -0.39 is 4.92 Å². The van der Waals surface area contributed by atoms with Gasteiger partial charge < -0.3 is 5.11 Å². The van der Waals surface area contributed by atoms with Crippen molar-refractivity contribution in [3.8, 4) is 5.75 Å². The van der Waals surface area contributed by atoms with E-state index in [1.807, 2.05) is 0 Å². The quantitative estimate of drug-likeness (QED) is 0.526. The molecule has 0 heterocycles. The third-order valence-corrected chi connectivity index (χ3v) is 3.26. The molecule has 1 N–H and O–H groups in total. The predicted molar refractivity (Wildman–Crippen MR) is 76.9 cm³/mol. The number of hydrogen-bond acceptors (Lipinski definition) is 4. The van der Waals surface area contributed by atoms with Crippen LogP contribution in [0.3, 0.4) is 0 Å². The molecule has 0 aromatic heterocycles. The molecule has 0 aliphatic carbocycles. The summed E-state index contributed by atoms with van der Waals surface area (Å²) in [5.74, 6) is -0.335. The number of carbonyl (C=O) groups is 1. The summed E-state index contributed by atoms with van der Waals surface area (Å²) in [6.45, 7) is 0. The SMILES string of the molecule is O=C(Cc1ccc([N+](=O)[O-])cc1)c1cc(Br)ccc1O. The van der Waals surface area contributed by atoms with E-state index in [1.54, 1.807) is 12.1 Å². The summed E-state index contributed by atoms with van der Waals surface area (Å²) in [6.07, 6.45) is 0.0714. The first-order chi connectivity index (χ1) is 9.47. The fraction of sp³-hybridized carbons (Fsp3) is 0.0714. The Morgan fingerprint density at radius 2 is 1.85 bits per heavy atom. The van der Waals surface area contributed by atoms with Gasteiger partial charge in [-0.1, -0.05) is 28.1 Å². The third kappa shape index (κ3) is 3.21. The van der Waals surface area contributed by atoms with Crippen molar-refractivity contribution in [3.63, 3.8) is 0 Å². The summed E-state index contributed by atoms with van der Waals surface area (Å²) < 4.78 is 0.697. The van der Waals surface area contributed by atoms with E-state index in [-0.39, 0.29) is 29.2 Å². The van der Waals surface area contributed by atoms with E-state index in [9.17, 15) is 20.0 Å². The number of non-ortho nitro benzene ring substituents is 1. The minimum Gasteiger partial charge on any atom is -0.507 e. The van der Waals surface area contributed by atoms with E-state index in [1.165, 1.54) is 30.3 Å². The van der Waals surface area contributed by atoms with Crippen molar-refractivity contribution < 1.29 is 14.8 Å². The minimum atomic E-state index is -0.494. The monoisotopic (exact) mass is 335 g/mol. The summed E-state index contributed by atoms with van der Waals surface area (Å²) in [5, 5.41) is 20.2. The largest absolute Gasteiger partial charge is 0.507 e. The molecule has 0 amide bonds. The number of halogens is 1. The van der Waals surface area contributed by atoms with E-state index in [0.29, 0.717) is 10.0 Å². The van der Waals surface area contributed by atoms with Gasteiger partial charge in [0.05, 0.1) is 10.5 Å². The first-order valence-electron chi connectivity index (χ1n) is 5.72. The highest BCUT2D eigenvalue weighted by molar-refractivity contribution is 9.10. The zero-order chi connectivity index (χ0) is 14.7. The van der Waals surface area contributed by atoms with Gasteiger partial charge in [-0.25, -0.2) is 0 Å². The van der Waals surface area contributed by atoms with Gasteiger partial charge in [0.15, 0.2) is 5.78 Å². The molecule has 0 spiro atoms. The Bertz CT molecular complexity index is 667. The van der Waals surface area contributed by atoms with Crippen LogP contribution in [0.2, 0.25) is 0 Å². The number of hydrogen-bond donors (Lipinski definition) is 1. The average molecular weight is 336 g/mol. The van der Waals surface area contributed by atoms with E-state index in [4.69, 9.17) is 0 Å². The average Bonchev–Trinajstić information content (AvgIpc) is 2.42. The van der Waals surface area contributed by atoms with Gasteiger partial charge in [-0.05, 0) is 23.8 Å². The Hall–Kier alpha value is -2.21. The van der Waals surface area contributed by atoms with Crippen molar-refractivity contribution in [1.82, 2.24) is 0 Å². The molecule has 0 fully saturated rings. The van der Waals surface area contributed by atoms with E-state index in [0.717, 1.165) is 0 Å². The van der Waals surface area contributed by atoms with Gasteiger partial charge in [0, 0.05) is 23.0 Å². The molecule has 0 radical (unpaired) electrons. The summed E-state index contributed by atoms with van der Waals surface area (Å²) in [5.41, 5.74) is 0.851. The molecule has 2 aromatic carbocycles. The number of benzene rings is 2. The van der Waals surface area contributed by atoms with Crippen LogP contribution in [0.15, 0.2) is 46.9 Å². The summed E-state index contributed by atoms with van der Waals surface area (Å²) >= 11 is 3.24. The molecule has 20 heavy (non-hydrogen) atoms. The molecule has 0 saturated carbocycles. The number of aromatic hydroxyl groups is 1. The van der Waals surface area contributed by atoms with Crippen molar-refractivity contribution in [1.29, 1.82) is 0 Å². The maximum absolute atomic E-state index is 12.1. The van der Waals surface area contributed by atoms with Gasteiger partial charge in [-0.2, -0.15) is 0 Å². The molecule has 2 rings (SSSR count). The molecular formula is C14H10BrNO4. The van der Waals surface area contributed by atoms with Crippen molar-refractivity contribution >= 4 is 27.4 Å². The van der Waals surface area contributed by atoms with Crippen molar-refractivity contribution in [2.24, 2.45) is 0 Å². The normalized spacial score (nSPS) is 10.2. The van der Waals surface area contributed by atoms with Gasteiger partial charge >= 0.3 is 0 Å². The predicted octanol–water partition coefficient (Wildman–Crippen LogP) is 3.49. The zero-order valence-corrected chi connectivity index (χ0v) is 11.8. The van der Waals surface area contributed by atoms with Crippen LogP contribution in [-0.2, 0) is 6.42 Å². The zero-order valence-electron chi connectivity index (χ0n) is 10.2. The molecule has 0 atom stereocenters. The van der Waals surface area contributed by atoms with E-state index in [2.05, 4.69) is 15.9 Å². The third-order valence-electron chi connectivity index (χ3n) is 2.77. The molecule has 0 aliphatic heterocycles. The van der Waals surface area contributed by atoms with Crippen LogP contribution in [0, 0.1) is 10.1 Å². The summed E-state index contributed by atoms with van der Waals surface area (Å²) in [6, 6.07) is 10.4. The molecule has 0 unspecified atom stereocenters. The molecule has 102 valence electrons. The number of carbonyl (C=O) groups excluding carboxylic acids is 1. The molecule has 0 aliphatic rings. The first-order valence-corrected chi connectivity index (χ1v) is 6.51. The number of nitro groups is 1. The van der Waals surface area contributed by atoms with Gasteiger partial charge in [-0.3, -0.25) is 14.9 Å². The maximum atomic E-state index is 12.1. The second-order valence-electron chi connectivity index (χ2n) is 4.18. The Balaban J connectivity index is 2.19. The second kappa shape index (κ2) is 5.83. The lowest BCUT2D eigenvalue weighted by Crippen LogP contribution is -2.04. The Morgan fingerprint density at radius 3 is 2.45 bits per heavy atom. The number of Topliss-reactive ketones (excluding diaryl/α,β-unsaturated/α-hetero) is 1. The van der Waals surface area contributed by atoms with Crippen LogP contribution in [0.1, 0.15) is 15.9 Å². The van der Waals surface area contributed by atoms with Crippen LogP contribution in [0.5, 0.6) is 5.75 Å². The Kier molecular flexibility index (Phi) is 4.14. The van der Waals surface area contributed by atoms with Crippen LogP contribution >= 0.6 is 15.9 Å². The molecular weight excluding hydrogens is 326 g/mol. The Morgan fingerprint density at radius 1 is 1.20 bits per heavy atom. The standard InChI is InChI=1S/C14H10BrNO4/c15-10-3-6-13(17)12(8-10)14(18)7-9-1-4-11(5-2-9)16(19)20/h1-6,8,17H,7H2. The number of nitrogens with zero attached hydrogens (tertiary/aromatic N) is 1. The highest BCUT2D eigenvalue weighted by Gasteiger charge is 2.13. The summed E-state index contributed by atoms with van der Waals surface area (Å²) in [7, 11) is 0. The molecule has 2 aromatic rings. The number of phenols is 1. The number of ketones is 1. The topological polar surface area (TPSA) is 80.4 Å². The highest BCUT2D eigenvalue weighted by Crippen LogP contribution is 2.23. The first kappa shape index (κ1) is 14.2. The summed E-state index contributed by atoms with van der Waals surface area (Å²) in [4.78, 5) is 22.1. The van der Waals surface area contributed by atoms with Gasteiger partial charge in [0.1, 0.15) is 5.75 Å². The lowest BCUT2D eigenvalue weighted by atomic mass is 10.0. The van der Waals surface area contributed by atoms with Gasteiger partial charge in [0.2, 0.25) is 0 Å². The van der Waals surface area contributed by atoms with Crippen molar-refractivity contribution in [2.45, 2.75) is 6.42 Å². The number of phenolic OH excluding ortho intramolecular Hbond substituents is 1. The van der Waals surface area contributed by atoms with Gasteiger partial charge in [-0.15, -0.1) is 0 Å². The molecule has 5 nitrogen and oxygen atoms in total. The van der Waals surface area contributed by atoms with Crippen molar-refractivity contribution in [3.05, 3.63) is 68.2 Å². The lowest BCUT2D eigenvalue weighted by Gasteiger charge is -2.04. The molecule has 6 heteroatoms. The lowest BCUT2D eigenvalue weighted by molar-refractivity contribution is -0.384. The maximum Gasteiger partial charge on any atom is 0.269 e. The van der Waals surface area contributed by atoms with Crippen LogP contribution in [0.25, 0.3) is 0 Å². The van der Waals surface area contributed by atoms with Crippen LogP contribution in [0.4, 0.5) is 5.69 Å². The fourth-order valence-corrected chi connectivity index (χ4v) is 2.11. The minimum absolute atomic E-state index is 0.0218. The second-order valence-corrected chi connectivity index (χ2v) is 5.10. The molecule has 0 bridgehead atoms. The number of nitro benzene ring substituents is 1. The smallest absolute Gasteiger partial charge is 0.269 e. The van der Waals surface area contributed by atoms with Gasteiger partial charge in [0.25, 0.3) is 5.69 Å². The fourth-order valence-electron chi connectivity index (χ4n) is 1.75. The van der Waals surface area contributed by atoms with Crippen LogP contribution < -0.4 is 0 Å². The molecule has 0 saturated heterocycles. The van der Waals surface area contributed by atoms with E-state index >= 15 is 0 Å². The van der Waals surface area contributed by atoms with Crippen LogP contribution in [-0.4, -0.2) is 15.8 Å². The Labute approximate surface area is 123 Å². The van der Waals surface area contributed by atoms with Crippen molar-refractivity contribution in [2.75, 3.05) is 0 Å². The highest BCUT2D eigenvalue weighted by atomic mass is 79.9.